The molecule has 0 aliphatic carbocycles. The maximum Gasteiger partial charge on any atom is 1.00 e. The van der Waals surface area contributed by atoms with Gasteiger partial charge in [0.2, 0.25) is 0 Å². The van der Waals surface area contributed by atoms with Crippen LogP contribution in [0.5, 0.6) is 0 Å². The zero-order chi connectivity index (χ0) is 13.0. The number of nitrogens with one attached hydrogen (secondary N) is 1. The Balaban J connectivity index is 0.00000180. The predicted octanol–water partition coefficient (Wildman–Crippen LogP) is -1.69. The van der Waals surface area contributed by atoms with Crippen LogP contribution in [0.4, 0.5) is 5.69 Å². The van der Waals surface area contributed by atoms with E-state index in [4.69, 9.17) is 0 Å². The fourth-order valence-corrected chi connectivity index (χ4v) is 1.48. The summed E-state index contributed by atoms with van der Waals surface area (Å²) in [6.45, 7) is 0. The van der Waals surface area contributed by atoms with Gasteiger partial charge in [-0.1, -0.05) is 30.3 Å². The number of hydrogen-bond acceptors (Lipinski definition) is 3. The van der Waals surface area contributed by atoms with Crippen LogP contribution in [0.25, 0.3) is 0 Å². The van der Waals surface area contributed by atoms with Crippen LogP contribution < -0.4 is 29.3 Å². The molecule has 0 aliphatic heterocycles. The average molecular weight is 247 g/mol. The molecule has 0 bridgehead atoms. The number of rotatable bonds is 3. The normalized spacial score (nSPS) is 9.26. The van der Waals surface area contributed by atoms with Crippen LogP contribution in [0.2, 0.25) is 0 Å². The second kappa shape index (κ2) is 6.79. The van der Waals surface area contributed by atoms with Crippen molar-refractivity contribution in [2.45, 2.75) is 0 Å². The number of amides is 1. The minimum Gasteiger partial charge on any atom is -0.545 e. The van der Waals surface area contributed by atoms with Gasteiger partial charge in [-0.15, -0.1) is 0 Å². The number of benzene rings is 2. The van der Waals surface area contributed by atoms with Gasteiger partial charge in [-0.3, -0.25) is 4.79 Å². The molecule has 2 aromatic rings. The van der Waals surface area contributed by atoms with Crippen LogP contribution in [0.1, 0.15) is 20.7 Å². The molecule has 1 amide bonds. The molecular weight excluding hydrogens is 237 g/mol. The number of carbonyl (C=O) groups is 2. The number of hydrogen-bond donors (Lipinski definition) is 1. The Bertz CT molecular complexity index is 567. The molecular formula is C14H10LiNO3. The van der Waals surface area contributed by atoms with Gasteiger partial charge in [-0.2, -0.15) is 0 Å². The van der Waals surface area contributed by atoms with Crippen molar-refractivity contribution in [2.75, 3.05) is 5.32 Å². The third-order valence-electron chi connectivity index (χ3n) is 2.41. The van der Waals surface area contributed by atoms with Gasteiger partial charge in [0.1, 0.15) is 0 Å². The van der Waals surface area contributed by atoms with E-state index in [9.17, 15) is 14.7 Å². The first-order chi connectivity index (χ1) is 8.66. The monoisotopic (exact) mass is 247 g/mol. The predicted molar refractivity (Wildman–Crippen MR) is 65.2 cm³/mol. The van der Waals surface area contributed by atoms with E-state index in [0.29, 0.717) is 11.3 Å². The molecule has 0 aliphatic rings. The molecule has 90 valence electrons. The minimum absolute atomic E-state index is 0. The van der Waals surface area contributed by atoms with E-state index in [2.05, 4.69) is 5.32 Å². The van der Waals surface area contributed by atoms with Gasteiger partial charge in [-0.25, -0.2) is 0 Å². The Morgan fingerprint density at radius 3 is 1.95 bits per heavy atom. The molecule has 0 spiro atoms. The summed E-state index contributed by atoms with van der Waals surface area (Å²) in [5.74, 6) is -1.48. The first kappa shape index (κ1) is 15.0. The van der Waals surface area contributed by atoms with E-state index in [1.165, 1.54) is 24.3 Å². The van der Waals surface area contributed by atoms with E-state index in [1.807, 2.05) is 6.07 Å². The SMILES string of the molecule is O=C([O-])c1ccc(NC(=O)c2ccccc2)cc1.[Li+]. The smallest absolute Gasteiger partial charge is 0.545 e. The molecule has 1 N–H and O–H groups in total. The quantitative estimate of drug-likeness (QED) is 0.658. The number of carboxylic acids is 1. The first-order valence-corrected chi connectivity index (χ1v) is 5.34. The molecule has 0 heterocycles. The van der Waals surface area contributed by atoms with Gasteiger partial charge in [0.05, 0.1) is 5.97 Å². The number of aromatic carboxylic acids is 1. The van der Waals surface area contributed by atoms with Crippen molar-refractivity contribution in [1.82, 2.24) is 0 Å². The summed E-state index contributed by atoms with van der Waals surface area (Å²) >= 11 is 0. The molecule has 0 fully saturated rings. The topological polar surface area (TPSA) is 69.2 Å². The van der Waals surface area contributed by atoms with Crippen LogP contribution in [0.3, 0.4) is 0 Å². The molecule has 0 saturated heterocycles. The zero-order valence-electron chi connectivity index (χ0n) is 10.4. The van der Waals surface area contributed by atoms with Crippen LogP contribution in [0.15, 0.2) is 54.6 Å². The largest absolute Gasteiger partial charge is 1.00 e. The van der Waals surface area contributed by atoms with E-state index >= 15 is 0 Å². The van der Waals surface area contributed by atoms with E-state index in [-0.39, 0.29) is 30.3 Å². The van der Waals surface area contributed by atoms with Gasteiger partial charge in [0.15, 0.2) is 0 Å². The molecule has 0 atom stereocenters. The molecule has 5 heteroatoms. The summed E-state index contributed by atoms with van der Waals surface area (Å²) in [4.78, 5) is 22.4. The standard InChI is InChI=1S/C14H11NO3.Li/c16-13(10-4-2-1-3-5-10)15-12-8-6-11(7-9-12)14(17)18;/h1-9H,(H,15,16)(H,17,18);/q;+1/p-1. The molecule has 0 radical (unpaired) electrons. The van der Waals surface area contributed by atoms with Crippen LogP contribution in [-0.2, 0) is 0 Å². The van der Waals surface area contributed by atoms with Gasteiger partial charge in [0, 0.05) is 11.3 Å². The molecule has 2 rings (SSSR count). The Morgan fingerprint density at radius 1 is 0.842 bits per heavy atom. The Hall–Kier alpha value is -2.02. The van der Waals surface area contributed by atoms with Gasteiger partial charge in [0.25, 0.3) is 5.91 Å². The second-order valence-electron chi connectivity index (χ2n) is 3.68. The summed E-state index contributed by atoms with van der Waals surface area (Å²) in [5, 5.41) is 13.2. The van der Waals surface area contributed by atoms with E-state index in [1.54, 1.807) is 24.3 Å². The van der Waals surface area contributed by atoms with Crippen LogP contribution in [-0.4, -0.2) is 11.9 Å². The maximum atomic E-state index is 11.8. The molecule has 19 heavy (non-hydrogen) atoms. The van der Waals surface area contributed by atoms with Crippen molar-refractivity contribution in [3.8, 4) is 0 Å². The van der Waals surface area contributed by atoms with Crippen molar-refractivity contribution < 1.29 is 33.6 Å². The third-order valence-corrected chi connectivity index (χ3v) is 2.41. The van der Waals surface area contributed by atoms with Crippen LogP contribution >= 0.6 is 0 Å². The Kier molecular flexibility index (Phi) is 5.37. The summed E-state index contributed by atoms with van der Waals surface area (Å²) < 4.78 is 0. The van der Waals surface area contributed by atoms with E-state index in [0.717, 1.165) is 0 Å². The first-order valence-electron chi connectivity index (χ1n) is 5.34. The second-order valence-corrected chi connectivity index (χ2v) is 3.68. The van der Waals surface area contributed by atoms with Crippen molar-refractivity contribution in [3.63, 3.8) is 0 Å². The Labute approximate surface area is 122 Å². The zero-order valence-corrected chi connectivity index (χ0v) is 10.4. The van der Waals surface area contributed by atoms with Crippen LogP contribution in [0, 0.1) is 0 Å². The summed E-state index contributed by atoms with van der Waals surface area (Å²) in [6.07, 6.45) is 0. The van der Waals surface area contributed by atoms with Gasteiger partial charge >= 0.3 is 18.9 Å². The summed E-state index contributed by atoms with van der Waals surface area (Å²) in [6, 6.07) is 14.6. The van der Waals surface area contributed by atoms with Crippen molar-refractivity contribution >= 4 is 17.6 Å². The van der Waals surface area contributed by atoms with Crippen molar-refractivity contribution in [1.29, 1.82) is 0 Å². The molecule has 2 aromatic carbocycles. The van der Waals surface area contributed by atoms with Gasteiger partial charge < -0.3 is 15.2 Å². The number of anilines is 1. The number of carbonyl (C=O) groups excluding carboxylic acids is 2. The molecule has 4 nitrogen and oxygen atoms in total. The fourth-order valence-electron chi connectivity index (χ4n) is 1.48. The van der Waals surface area contributed by atoms with Crippen molar-refractivity contribution in [3.05, 3.63) is 65.7 Å². The Morgan fingerprint density at radius 2 is 1.42 bits per heavy atom. The van der Waals surface area contributed by atoms with E-state index < -0.39 is 5.97 Å². The third kappa shape index (κ3) is 3.99. The number of carboxylic acid groups (broad SMARTS) is 1. The summed E-state index contributed by atoms with van der Waals surface area (Å²) in [7, 11) is 0. The molecule has 0 aromatic heterocycles. The maximum absolute atomic E-state index is 11.8. The van der Waals surface area contributed by atoms with Gasteiger partial charge in [-0.05, 0) is 29.8 Å². The summed E-state index contributed by atoms with van der Waals surface area (Å²) in [5.41, 5.74) is 1.16. The molecule has 0 saturated carbocycles. The minimum atomic E-state index is -1.24. The average Bonchev–Trinajstić information content (AvgIpc) is 2.40. The molecule has 0 unspecified atom stereocenters. The van der Waals surface area contributed by atoms with Crippen molar-refractivity contribution in [2.24, 2.45) is 0 Å². The fraction of sp³-hybridized carbons (Fsp3) is 0.